The average molecular weight is 302 g/mol. The van der Waals surface area contributed by atoms with Crippen LogP contribution in [0.15, 0.2) is 42.5 Å². The number of rotatable bonds is 5. The SMILES string of the molecule is Cc1cccc(CN(C)Cc2ccc(C(N)=S)cc2F)c1. The Morgan fingerprint density at radius 3 is 2.57 bits per heavy atom. The second-order valence-corrected chi connectivity index (χ2v) is 5.77. The lowest BCUT2D eigenvalue weighted by atomic mass is 10.1. The molecule has 2 N–H and O–H groups in total. The highest BCUT2D eigenvalue weighted by Crippen LogP contribution is 2.14. The average Bonchev–Trinajstić information content (AvgIpc) is 2.40. The molecule has 2 aromatic rings. The van der Waals surface area contributed by atoms with Crippen molar-refractivity contribution >= 4 is 17.2 Å². The number of benzene rings is 2. The van der Waals surface area contributed by atoms with Gasteiger partial charge in [-0.05, 0) is 25.6 Å². The van der Waals surface area contributed by atoms with E-state index in [9.17, 15) is 4.39 Å². The highest BCUT2D eigenvalue weighted by atomic mass is 32.1. The zero-order valence-corrected chi connectivity index (χ0v) is 13.1. The third-order valence-corrected chi connectivity index (χ3v) is 3.55. The van der Waals surface area contributed by atoms with E-state index in [0.717, 1.165) is 6.54 Å². The van der Waals surface area contributed by atoms with Gasteiger partial charge in [-0.25, -0.2) is 4.39 Å². The number of aryl methyl sites for hydroxylation is 1. The maximum atomic E-state index is 14.0. The van der Waals surface area contributed by atoms with E-state index in [1.807, 2.05) is 13.1 Å². The first-order valence-corrected chi connectivity index (χ1v) is 7.19. The minimum atomic E-state index is -0.267. The zero-order chi connectivity index (χ0) is 15.4. The summed E-state index contributed by atoms with van der Waals surface area (Å²) in [7, 11) is 1.98. The summed E-state index contributed by atoms with van der Waals surface area (Å²) in [6, 6.07) is 13.2. The molecule has 0 atom stereocenters. The number of nitrogens with two attached hydrogens (primary N) is 1. The Morgan fingerprint density at radius 1 is 1.19 bits per heavy atom. The lowest BCUT2D eigenvalue weighted by Gasteiger charge is -2.18. The largest absolute Gasteiger partial charge is 0.389 e. The molecule has 0 aromatic heterocycles. The standard InChI is InChI=1S/C17H19FN2S/c1-12-4-3-5-13(8-12)10-20(2)11-15-7-6-14(17(19)21)9-16(15)18/h3-9H,10-11H2,1-2H3,(H2,19,21). The van der Waals surface area contributed by atoms with Gasteiger partial charge >= 0.3 is 0 Å². The van der Waals surface area contributed by atoms with E-state index < -0.39 is 0 Å². The minimum absolute atomic E-state index is 0.216. The fourth-order valence-corrected chi connectivity index (χ4v) is 2.42. The van der Waals surface area contributed by atoms with Crippen LogP contribution in [0.1, 0.15) is 22.3 Å². The van der Waals surface area contributed by atoms with Crippen LogP contribution in [0.3, 0.4) is 0 Å². The molecule has 0 bridgehead atoms. The van der Waals surface area contributed by atoms with Gasteiger partial charge in [-0.2, -0.15) is 0 Å². The Kier molecular flexibility index (Phi) is 5.04. The van der Waals surface area contributed by atoms with Gasteiger partial charge in [-0.15, -0.1) is 0 Å². The summed E-state index contributed by atoms with van der Waals surface area (Å²) in [4.78, 5) is 2.29. The summed E-state index contributed by atoms with van der Waals surface area (Å²) in [5, 5.41) is 0. The van der Waals surface area contributed by atoms with E-state index >= 15 is 0 Å². The van der Waals surface area contributed by atoms with Gasteiger partial charge in [-0.3, -0.25) is 4.90 Å². The summed E-state index contributed by atoms with van der Waals surface area (Å²) in [6.45, 7) is 3.38. The number of hydrogen-bond acceptors (Lipinski definition) is 2. The van der Waals surface area contributed by atoms with Gasteiger partial charge < -0.3 is 5.73 Å². The Balaban J connectivity index is 2.06. The van der Waals surface area contributed by atoms with Crippen LogP contribution in [0.25, 0.3) is 0 Å². The molecule has 2 rings (SSSR count). The van der Waals surface area contributed by atoms with Crippen molar-refractivity contribution in [2.45, 2.75) is 20.0 Å². The van der Waals surface area contributed by atoms with Gasteiger partial charge in [0, 0.05) is 24.2 Å². The van der Waals surface area contributed by atoms with Gasteiger partial charge in [0.1, 0.15) is 10.8 Å². The molecule has 2 aromatic carbocycles. The normalized spacial score (nSPS) is 10.9. The monoisotopic (exact) mass is 302 g/mol. The van der Waals surface area contributed by atoms with Crippen molar-refractivity contribution < 1.29 is 4.39 Å². The quantitative estimate of drug-likeness (QED) is 0.858. The molecule has 0 saturated carbocycles. The molecule has 0 fully saturated rings. The fourth-order valence-electron chi connectivity index (χ4n) is 2.30. The second kappa shape index (κ2) is 6.78. The molecular weight excluding hydrogens is 283 g/mol. The van der Waals surface area contributed by atoms with Crippen LogP contribution in [0.5, 0.6) is 0 Å². The lowest BCUT2D eigenvalue weighted by molar-refractivity contribution is 0.313. The Labute approximate surface area is 130 Å². The molecule has 4 heteroatoms. The lowest BCUT2D eigenvalue weighted by Crippen LogP contribution is -2.18. The van der Waals surface area contributed by atoms with Crippen molar-refractivity contribution in [1.29, 1.82) is 0 Å². The highest BCUT2D eigenvalue weighted by Gasteiger charge is 2.08. The fraction of sp³-hybridized carbons (Fsp3) is 0.235. The third kappa shape index (κ3) is 4.34. The maximum absolute atomic E-state index is 14.0. The molecule has 0 unspecified atom stereocenters. The van der Waals surface area contributed by atoms with Crippen LogP contribution in [-0.2, 0) is 13.1 Å². The molecular formula is C17H19FN2S. The highest BCUT2D eigenvalue weighted by molar-refractivity contribution is 7.80. The molecule has 2 nitrogen and oxygen atoms in total. The minimum Gasteiger partial charge on any atom is -0.389 e. The first-order chi connectivity index (χ1) is 9.95. The Hall–Kier alpha value is -1.78. The Morgan fingerprint density at radius 2 is 1.95 bits per heavy atom. The van der Waals surface area contributed by atoms with Crippen molar-refractivity contribution in [3.63, 3.8) is 0 Å². The zero-order valence-electron chi connectivity index (χ0n) is 12.3. The topological polar surface area (TPSA) is 29.3 Å². The number of thiocarbonyl (C=S) groups is 1. The van der Waals surface area contributed by atoms with E-state index in [1.165, 1.54) is 17.2 Å². The molecule has 0 amide bonds. The summed E-state index contributed by atoms with van der Waals surface area (Å²) < 4.78 is 14.0. The maximum Gasteiger partial charge on any atom is 0.128 e. The molecule has 0 radical (unpaired) electrons. The second-order valence-electron chi connectivity index (χ2n) is 5.33. The summed E-state index contributed by atoms with van der Waals surface area (Å²) in [5.41, 5.74) is 9.16. The van der Waals surface area contributed by atoms with Crippen LogP contribution in [0.2, 0.25) is 0 Å². The molecule has 0 spiro atoms. The molecule has 110 valence electrons. The Bertz CT molecular complexity index is 655. The van der Waals surface area contributed by atoms with Crippen molar-refractivity contribution in [2.75, 3.05) is 7.05 Å². The van der Waals surface area contributed by atoms with Gasteiger partial charge in [0.05, 0.1) is 0 Å². The predicted molar refractivity (Wildman–Crippen MR) is 88.6 cm³/mol. The number of hydrogen-bond donors (Lipinski definition) is 1. The molecule has 21 heavy (non-hydrogen) atoms. The molecule has 0 heterocycles. The van der Waals surface area contributed by atoms with E-state index in [4.69, 9.17) is 18.0 Å². The summed E-state index contributed by atoms with van der Waals surface area (Å²) in [6.07, 6.45) is 0. The van der Waals surface area contributed by atoms with E-state index in [-0.39, 0.29) is 10.8 Å². The van der Waals surface area contributed by atoms with Crippen LogP contribution in [0, 0.1) is 12.7 Å². The molecule has 0 saturated heterocycles. The molecule has 0 aliphatic heterocycles. The van der Waals surface area contributed by atoms with Gasteiger partial charge in [-0.1, -0.05) is 54.2 Å². The van der Waals surface area contributed by atoms with Crippen LogP contribution in [0.4, 0.5) is 4.39 Å². The number of halogens is 1. The van der Waals surface area contributed by atoms with Crippen molar-refractivity contribution in [3.05, 3.63) is 70.5 Å². The van der Waals surface area contributed by atoms with Gasteiger partial charge in [0.25, 0.3) is 0 Å². The predicted octanol–water partition coefficient (Wildman–Crippen LogP) is 3.40. The van der Waals surface area contributed by atoms with Crippen molar-refractivity contribution in [3.8, 4) is 0 Å². The summed E-state index contributed by atoms with van der Waals surface area (Å²) in [5.74, 6) is -0.267. The van der Waals surface area contributed by atoms with Crippen LogP contribution in [-0.4, -0.2) is 16.9 Å². The van der Waals surface area contributed by atoms with Crippen molar-refractivity contribution in [2.24, 2.45) is 5.73 Å². The molecule has 0 aliphatic rings. The third-order valence-electron chi connectivity index (χ3n) is 3.31. The first kappa shape index (κ1) is 15.6. The van der Waals surface area contributed by atoms with Gasteiger partial charge in [0.15, 0.2) is 0 Å². The number of nitrogens with zero attached hydrogens (tertiary/aromatic N) is 1. The smallest absolute Gasteiger partial charge is 0.128 e. The van der Waals surface area contributed by atoms with E-state index in [2.05, 4.69) is 30.0 Å². The van der Waals surface area contributed by atoms with Crippen molar-refractivity contribution in [1.82, 2.24) is 4.90 Å². The van der Waals surface area contributed by atoms with Crippen LogP contribution >= 0.6 is 12.2 Å². The first-order valence-electron chi connectivity index (χ1n) is 6.78. The molecule has 0 aliphatic carbocycles. The summed E-state index contributed by atoms with van der Waals surface area (Å²) >= 11 is 4.85. The van der Waals surface area contributed by atoms with E-state index in [1.54, 1.807) is 12.1 Å². The van der Waals surface area contributed by atoms with Crippen LogP contribution < -0.4 is 5.73 Å². The van der Waals surface area contributed by atoms with E-state index in [0.29, 0.717) is 17.7 Å². The van der Waals surface area contributed by atoms with Gasteiger partial charge in [0.2, 0.25) is 0 Å².